The number of halogens is 4. The second-order valence-corrected chi connectivity index (χ2v) is 3.55. The summed E-state index contributed by atoms with van der Waals surface area (Å²) in [5.41, 5.74) is 0.173. The van der Waals surface area contributed by atoms with E-state index in [4.69, 9.17) is 11.6 Å². The molecule has 2 aromatic heterocycles. The lowest BCUT2D eigenvalue weighted by Crippen LogP contribution is -2.08. The Morgan fingerprint density at radius 1 is 1.29 bits per heavy atom. The predicted molar refractivity (Wildman–Crippen MR) is 55.9 cm³/mol. The van der Waals surface area contributed by atoms with Crippen molar-refractivity contribution in [2.75, 3.05) is 0 Å². The fraction of sp³-hybridized carbons (Fsp3) is 0.200. The van der Waals surface area contributed by atoms with Crippen LogP contribution in [0.4, 0.5) is 13.2 Å². The number of pyridine rings is 1. The topological polar surface area (TPSA) is 30.7 Å². The molecule has 17 heavy (non-hydrogen) atoms. The van der Waals surface area contributed by atoms with Crippen LogP contribution in [0.2, 0.25) is 0 Å². The van der Waals surface area contributed by atoms with Crippen LogP contribution in [0.1, 0.15) is 11.3 Å². The van der Waals surface area contributed by atoms with Crippen LogP contribution < -0.4 is 0 Å². The Balaban J connectivity index is 2.44. The van der Waals surface area contributed by atoms with E-state index in [0.717, 1.165) is 10.7 Å². The van der Waals surface area contributed by atoms with Crippen molar-refractivity contribution in [3.8, 4) is 5.69 Å². The van der Waals surface area contributed by atoms with Crippen LogP contribution in [-0.4, -0.2) is 14.8 Å². The lowest BCUT2D eigenvalue weighted by molar-refractivity contribution is -0.141. The second kappa shape index (κ2) is 4.37. The van der Waals surface area contributed by atoms with E-state index in [1.165, 1.54) is 18.6 Å². The average molecular weight is 262 g/mol. The SMILES string of the molecule is FC(F)(F)c1ccn(-c2ccncc2CCl)n1. The summed E-state index contributed by atoms with van der Waals surface area (Å²) in [5.74, 6) is 0.157. The van der Waals surface area contributed by atoms with Gasteiger partial charge >= 0.3 is 6.18 Å². The molecule has 0 fully saturated rings. The Kier molecular flexibility index (Phi) is 3.06. The molecule has 0 saturated heterocycles. The fourth-order valence-electron chi connectivity index (χ4n) is 1.36. The van der Waals surface area contributed by atoms with E-state index >= 15 is 0 Å². The van der Waals surface area contributed by atoms with E-state index < -0.39 is 11.9 Å². The van der Waals surface area contributed by atoms with Crippen molar-refractivity contribution >= 4 is 11.6 Å². The summed E-state index contributed by atoms with van der Waals surface area (Å²) >= 11 is 5.68. The van der Waals surface area contributed by atoms with Crippen LogP contribution in [0, 0.1) is 0 Å². The van der Waals surface area contributed by atoms with Crippen molar-refractivity contribution in [3.63, 3.8) is 0 Å². The third kappa shape index (κ3) is 2.41. The lowest BCUT2D eigenvalue weighted by atomic mass is 10.2. The molecule has 0 aliphatic rings. The van der Waals surface area contributed by atoms with Crippen LogP contribution in [0.15, 0.2) is 30.7 Å². The smallest absolute Gasteiger partial charge is 0.264 e. The highest BCUT2D eigenvalue weighted by atomic mass is 35.5. The van der Waals surface area contributed by atoms with Crippen LogP contribution in [0.3, 0.4) is 0 Å². The molecule has 0 spiro atoms. The van der Waals surface area contributed by atoms with Crippen LogP contribution in [-0.2, 0) is 12.1 Å². The largest absolute Gasteiger partial charge is 0.435 e. The van der Waals surface area contributed by atoms with Gasteiger partial charge in [-0.15, -0.1) is 11.6 Å². The van der Waals surface area contributed by atoms with Crippen molar-refractivity contribution in [2.45, 2.75) is 12.1 Å². The standard InChI is InChI=1S/C10H7ClF3N3/c11-5-7-6-15-3-1-8(7)17-4-2-9(16-17)10(12,13)14/h1-4,6H,5H2. The summed E-state index contributed by atoms with van der Waals surface area (Å²) in [5, 5.41) is 3.47. The van der Waals surface area contributed by atoms with Crippen molar-refractivity contribution in [2.24, 2.45) is 0 Å². The first-order valence-electron chi connectivity index (χ1n) is 4.64. The monoisotopic (exact) mass is 261 g/mol. The lowest BCUT2D eigenvalue weighted by Gasteiger charge is -2.06. The van der Waals surface area contributed by atoms with Gasteiger partial charge in [0.1, 0.15) is 0 Å². The summed E-state index contributed by atoms with van der Waals surface area (Å²) in [6.07, 6.45) is -0.231. The first-order valence-corrected chi connectivity index (χ1v) is 5.18. The molecule has 0 aliphatic heterocycles. The van der Waals surface area contributed by atoms with E-state index in [1.807, 2.05) is 0 Å². The second-order valence-electron chi connectivity index (χ2n) is 3.28. The highest BCUT2D eigenvalue weighted by molar-refractivity contribution is 6.17. The van der Waals surface area contributed by atoms with Gasteiger partial charge in [-0.3, -0.25) is 4.98 Å². The molecular weight excluding hydrogens is 255 g/mol. The molecule has 7 heteroatoms. The van der Waals surface area contributed by atoms with E-state index in [9.17, 15) is 13.2 Å². The van der Waals surface area contributed by atoms with Crippen LogP contribution in [0.25, 0.3) is 5.69 Å². The summed E-state index contributed by atoms with van der Waals surface area (Å²) in [6, 6.07) is 2.48. The molecule has 90 valence electrons. The molecule has 2 rings (SSSR count). The molecule has 0 bridgehead atoms. The van der Waals surface area contributed by atoms with Crippen LogP contribution in [0.5, 0.6) is 0 Å². The third-order valence-electron chi connectivity index (χ3n) is 2.15. The van der Waals surface area contributed by atoms with E-state index in [2.05, 4.69) is 10.1 Å². The summed E-state index contributed by atoms with van der Waals surface area (Å²) in [7, 11) is 0. The van der Waals surface area contributed by atoms with Gasteiger partial charge in [0.2, 0.25) is 0 Å². The van der Waals surface area contributed by atoms with Crippen LogP contribution >= 0.6 is 11.6 Å². The molecule has 0 amide bonds. The molecule has 0 radical (unpaired) electrons. The summed E-state index contributed by atoms with van der Waals surface area (Å²) in [4.78, 5) is 3.85. The molecule has 0 saturated carbocycles. The molecular formula is C10H7ClF3N3. The average Bonchev–Trinajstić information content (AvgIpc) is 2.77. The maximum Gasteiger partial charge on any atom is 0.435 e. The molecule has 0 unspecified atom stereocenters. The van der Waals surface area contributed by atoms with Gasteiger partial charge in [-0.1, -0.05) is 0 Å². The van der Waals surface area contributed by atoms with Gasteiger partial charge < -0.3 is 0 Å². The van der Waals surface area contributed by atoms with E-state index in [-0.39, 0.29) is 5.88 Å². The highest BCUT2D eigenvalue weighted by Gasteiger charge is 2.33. The summed E-state index contributed by atoms with van der Waals surface area (Å²) < 4.78 is 38.3. The van der Waals surface area contributed by atoms with Gasteiger partial charge in [-0.05, 0) is 12.1 Å². The van der Waals surface area contributed by atoms with Gasteiger partial charge in [0, 0.05) is 24.2 Å². The number of hydrogen-bond donors (Lipinski definition) is 0. The Bertz CT molecular complexity index is 522. The van der Waals surface area contributed by atoms with Crippen molar-refractivity contribution in [3.05, 3.63) is 42.0 Å². The third-order valence-corrected chi connectivity index (χ3v) is 2.44. The Morgan fingerprint density at radius 3 is 2.65 bits per heavy atom. The van der Waals surface area contributed by atoms with Gasteiger partial charge in [-0.2, -0.15) is 18.3 Å². The van der Waals surface area contributed by atoms with Gasteiger partial charge in [-0.25, -0.2) is 4.68 Å². The number of rotatable bonds is 2. The van der Waals surface area contributed by atoms with Crippen molar-refractivity contribution < 1.29 is 13.2 Å². The van der Waals surface area contributed by atoms with E-state index in [0.29, 0.717) is 11.3 Å². The first kappa shape index (κ1) is 11.9. The van der Waals surface area contributed by atoms with Crippen molar-refractivity contribution in [1.29, 1.82) is 0 Å². The minimum Gasteiger partial charge on any atom is -0.264 e. The molecule has 0 aromatic carbocycles. The number of alkyl halides is 4. The van der Waals surface area contributed by atoms with Crippen molar-refractivity contribution in [1.82, 2.24) is 14.8 Å². The van der Waals surface area contributed by atoms with Gasteiger partial charge in [0.25, 0.3) is 0 Å². The highest BCUT2D eigenvalue weighted by Crippen LogP contribution is 2.28. The zero-order valence-corrected chi connectivity index (χ0v) is 9.20. The van der Waals surface area contributed by atoms with Gasteiger partial charge in [0.15, 0.2) is 5.69 Å². The molecule has 0 N–H and O–H groups in total. The Morgan fingerprint density at radius 2 is 2.06 bits per heavy atom. The normalized spacial score (nSPS) is 11.8. The van der Waals surface area contributed by atoms with E-state index in [1.54, 1.807) is 6.07 Å². The summed E-state index contributed by atoms with van der Waals surface area (Å²) in [6.45, 7) is 0. The maximum atomic E-state index is 12.4. The molecule has 0 atom stereocenters. The number of hydrogen-bond acceptors (Lipinski definition) is 2. The predicted octanol–water partition coefficient (Wildman–Crippen LogP) is 3.02. The molecule has 0 aliphatic carbocycles. The fourth-order valence-corrected chi connectivity index (χ4v) is 1.56. The Labute approximate surface area is 99.8 Å². The molecule has 3 nitrogen and oxygen atoms in total. The minimum absolute atomic E-state index is 0.157. The zero-order chi connectivity index (χ0) is 12.5. The quantitative estimate of drug-likeness (QED) is 0.778. The Hall–Kier alpha value is -1.56. The minimum atomic E-state index is -4.45. The number of aromatic nitrogens is 3. The number of nitrogens with zero attached hydrogens (tertiary/aromatic N) is 3. The molecule has 2 aromatic rings. The van der Waals surface area contributed by atoms with Gasteiger partial charge in [0.05, 0.1) is 11.6 Å². The maximum absolute atomic E-state index is 12.4. The zero-order valence-electron chi connectivity index (χ0n) is 8.45. The molecule has 2 heterocycles. The first-order chi connectivity index (χ1) is 8.02.